The summed E-state index contributed by atoms with van der Waals surface area (Å²) in [4.78, 5) is 2.65. The molecule has 0 bridgehead atoms. The molecule has 0 spiro atoms. The van der Waals surface area contributed by atoms with E-state index in [1.807, 2.05) is 23.9 Å². The minimum atomic E-state index is 0.389. The minimum Gasteiger partial charge on any atom is -0.501 e. The molecule has 112 valence electrons. The highest BCUT2D eigenvalue weighted by atomic mass is 32.2. The van der Waals surface area contributed by atoms with Crippen LogP contribution in [0.25, 0.3) is 0 Å². The number of rotatable bonds is 4. The Morgan fingerprint density at radius 1 is 1.00 bits per heavy atom. The van der Waals surface area contributed by atoms with Crippen molar-refractivity contribution in [1.29, 1.82) is 0 Å². The van der Waals surface area contributed by atoms with Crippen molar-refractivity contribution >= 4 is 11.8 Å². The molecule has 0 unspecified atom stereocenters. The van der Waals surface area contributed by atoms with E-state index in [2.05, 4.69) is 43.4 Å². The van der Waals surface area contributed by atoms with Crippen LogP contribution in [-0.4, -0.2) is 14.2 Å². The van der Waals surface area contributed by atoms with Gasteiger partial charge in [0, 0.05) is 12.3 Å². The van der Waals surface area contributed by atoms with Gasteiger partial charge in [-0.2, -0.15) is 0 Å². The van der Waals surface area contributed by atoms with Crippen molar-refractivity contribution in [3.8, 4) is 0 Å². The van der Waals surface area contributed by atoms with Crippen molar-refractivity contribution in [3.63, 3.8) is 0 Å². The molecule has 21 heavy (non-hydrogen) atoms. The maximum Gasteiger partial charge on any atom is 0.118 e. The Hall–Kier alpha value is -1.61. The number of allylic oxidation sites excluding steroid dienone is 10. The molecule has 2 aliphatic carbocycles. The summed E-state index contributed by atoms with van der Waals surface area (Å²) >= 11 is 1.83. The van der Waals surface area contributed by atoms with Gasteiger partial charge in [-0.1, -0.05) is 36.9 Å². The Morgan fingerprint density at radius 3 is 2.57 bits per heavy atom. The molecule has 2 aliphatic rings. The van der Waals surface area contributed by atoms with E-state index in [0.29, 0.717) is 5.92 Å². The second kappa shape index (κ2) is 7.99. The predicted octanol–water partition coefficient (Wildman–Crippen LogP) is 5.10. The Labute approximate surface area is 131 Å². The maximum absolute atomic E-state index is 5.34. The summed E-state index contributed by atoms with van der Waals surface area (Å²) in [5.41, 5.74) is 0. The molecule has 0 aromatic heterocycles. The summed E-state index contributed by atoms with van der Waals surface area (Å²) < 4.78 is 10.6. The molecule has 0 radical (unpaired) electrons. The number of hydrogen-bond acceptors (Lipinski definition) is 3. The second-order valence-corrected chi connectivity index (χ2v) is 6.14. The molecule has 3 heteroatoms. The zero-order valence-corrected chi connectivity index (χ0v) is 13.7. The average molecular weight is 302 g/mol. The smallest absolute Gasteiger partial charge is 0.118 e. The van der Waals surface area contributed by atoms with Gasteiger partial charge in [-0.25, -0.2) is 0 Å². The lowest BCUT2D eigenvalue weighted by Gasteiger charge is -2.13. The molecule has 1 atom stereocenters. The van der Waals surface area contributed by atoms with E-state index in [0.717, 1.165) is 24.4 Å². The van der Waals surface area contributed by atoms with E-state index in [1.54, 1.807) is 14.2 Å². The molecular weight excluding hydrogens is 280 g/mol. The average Bonchev–Trinajstić information content (AvgIpc) is 2.65. The highest BCUT2D eigenvalue weighted by Gasteiger charge is 2.11. The number of thioether (sulfide) groups is 1. The molecule has 2 rings (SSSR count). The first kappa shape index (κ1) is 15.8. The Kier molecular flexibility index (Phi) is 6.00. The summed E-state index contributed by atoms with van der Waals surface area (Å²) in [6.45, 7) is 2.21. The van der Waals surface area contributed by atoms with Crippen molar-refractivity contribution in [3.05, 3.63) is 69.9 Å². The number of methoxy groups -OCH3 is 2. The Bertz CT molecular complexity index is 548. The van der Waals surface area contributed by atoms with Crippen LogP contribution in [0.5, 0.6) is 0 Å². The summed E-state index contributed by atoms with van der Waals surface area (Å²) in [6.07, 6.45) is 18.8. The number of ether oxygens (including phenoxy) is 2. The normalized spacial score (nSPS) is 27.1. The molecule has 0 aliphatic heterocycles. The highest BCUT2D eigenvalue weighted by molar-refractivity contribution is 8.06. The first-order chi connectivity index (χ1) is 10.2. The SMILES string of the molecule is COC1=CC=C(S/C2=C/C=C(/OC)CC=CC2)[C@H](C)C=C1. The van der Waals surface area contributed by atoms with E-state index in [4.69, 9.17) is 9.47 Å². The lowest BCUT2D eigenvalue weighted by molar-refractivity contribution is 0.285. The van der Waals surface area contributed by atoms with Crippen LogP contribution in [0, 0.1) is 5.92 Å². The van der Waals surface area contributed by atoms with E-state index in [-0.39, 0.29) is 0 Å². The van der Waals surface area contributed by atoms with Gasteiger partial charge in [0.1, 0.15) is 5.76 Å². The van der Waals surface area contributed by atoms with Crippen LogP contribution in [0.4, 0.5) is 0 Å². The summed E-state index contributed by atoms with van der Waals surface area (Å²) in [7, 11) is 3.42. The lowest BCUT2D eigenvalue weighted by Crippen LogP contribution is -1.93. The van der Waals surface area contributed by atoms with Gasteiger partial charge < -0.3 is 9.47 Å². The van der Waals surface area contributed by atoms with Crippen molar-refractivity contribution in [2.45, 2.75) is 19.8 Å². The third-order valence-electron chi connectivity index (χ3n) is 3.42. The molecule has 0 aromatic carbocycles. The Morgan fingerprint density at radius 2 is 1.81 bits per heavy atom. The van der Waals surface area contributed by atoms with E-state index in [9.17, 15) is 0 Å². The fourth-order valence-corrected chi connectivity index (χ4v) is 3.09. The van der Waals surface area contributed by atoms with Gasteiger partial charge in [0.2, 0.25) is 0 Å². The topological polar surface area (TPSA) is 18.5 Å². The van der Waals surface area contributed by atoms with Gasteiger partial charge in [-0.3, -0.25) is 0 Å². The van der Waals surface area contributed by atoms with Gasteiger partial charge >= 0.3 is 0 Å². The van der Waals surface area contributed by atoms with E-state index in [1.165, 1.54) is 9.81 Å². The van der Waals surface area contributed by atoms with Crippen LogP contribution >= 0.6 is 11.8 Å². The quantitative estimate of drug-likeness (QED) is 0.673. The molecule has 0 N–H and O–H groups in total. The zero-order valence-electron chi connectivity index (χ0n) is 12.8. The summed E-state index contributed by atoms with van der Waals surface area (Å²) in [5.74, 6) is 2.28. The monoisotopic (exact) mass is 302 g/mol. The third kappa shape index (κ3) is 4.71. The van der Waals surface area contributed by atoms with E-state index < -0.39 is 0 Å². The van der Waals surface area contributed by atoms with Crippen LogP contribution in [0.3, 0.4) is 0 Å². The van der Waals surface area contributed by atoms with Crippen LogP contribution in [0.2, 0.25) is 0 Å². The molecule has 0 amide bonds. The van der Waals surface area contributed by atoms with Crippen LogP contribution in [0.15, 0.2) is 69.9 Å². The van der Waals surface area contributed by atoms with Crippen molar-refractivity contribution in [2.24, 2.45) is 5.92 Å². The molecule has 0 fully saturated rings. The van der Waals surface area contributed by atoms with Crippen molar-refractivity contribution < 1.29 is 9.47 Å². The zero-order chi connectivity index (χ0) is 15.1. The summed E-state index contributed by atoms with van der Waals surface area (Å²) in [5, 5.41) is 0. The largest absolute Gasteiger partial charge is 0.501 e. The number of hydrogen-bond donors (Lipinski definition) is 0. The first-order valence-corrected chi connectivity index (χ1v) is 7.95. The molecule has 2 nitrogen and oxygen atoms in total. The standard InChI is InChI=1S/C18H22O2S/c1-14-8-9-16(20-3)11-13-18(14)21-17-7-5-4-6-15(19-2)10-12-17/h4-5,8-14H,6-7H2,1-3H3/b5-4?,15-10+,17-12+/t14-/m1/s1. The fourth-order valence-electron chi connectivity index (χ4n) is 2.07. The van der Waals surface area contributed by atoms with Gasteiger partial charge in [-0.05, 0) is 46.6 Å². The van der Waals surface area contributed by atoms with Crippen LogP contribution in [-0.2, 0) is 9.47 Å². The van der Waals surface area contributed by atoms with Crippen molar-refractivity contribution in [2.75, 3.05) is 14.2 Å². The first-order valence-electron chi connectivity index (χ1n) is 7.13. The van der Waals surface area contributed by atoms with Crippen LogP contribution < -0.4 is 0 Å². The van der Waals surface area contributed by atoms with Crippen LogP contribution in [0.1, 0.15) is 19.8 Å². The summed E-state index contributed by atoms with van der Waals surface area (Å²) in [6, 6.07) is 0. The van der Waals surface area contributed by atoms with Gasteiger partial charge in [0.05, 0.1) is 20.0 Å². The van der Waals surface area contributed by atoms with Gasteiger partial charge in [0.15, 0.2) is 0 Å². The highest BCUT2D eigenvalue weighted by Crippen LogP contribution is 2.36. The molecule has 0 aromatic rings. The van der Waals surface area contributed by atoms with Crippen molar-refractivity contribution in [1.82, 2.24) is 0 Å². The second-order valence-electron chi connectivity index (χ2n) is 4.94. The predicted molar refractivity (Wildman–Crippen MR) is 90.6 cm³/mol. The lowest BCUT2D eigenvalue weighted by atomic mass is 10.1. The fraction of sp³-hybridized carbons (Fsp3) is 0.333. The third-order valence-corrected chi connectivity index (χ3v) is 4.73. The molecule has 0 saturated carbocycles. The van der Waals surface area contributed by atoms with Gasteiger partial charge in [0.25, 0.3) is 0 Å². The molecular formula is C18H22O2S. The Balaban J connectivity index is 2.16. The van der Waals surface area contributed by atoms with E-state index >= 15 is 0 Å². The van der Waals surface area contributed by atoms with Gasteiger partial charge in [-0.15, -0.1) is 0 Å². The minimum absolute atomic E-state index is 0.389. The maximum atomic E-state index is 5.34. The molecule has 0 saturated heterocycles. The molecule has 0 heterocycles.